The summed E-state index contributed by atoms with van der Waals surface area (Å²) in [7, 11) is 0. The summed E-state index contributed by atoms with van der Waals surface area (Å²) in [6.07, 6.45) is 1.64. The van der Waals surface area contributed by atoms with E-state index < -0.39 is 12.7 Å². The van der Waals surface area contributed by atoms with Crippen LogP contribution in [-0.2, 0) is 12.8 Å². The number of nitrogens with one attached hydrogen (secondary N) is 2. The number of halogens is 2. The lowest BCUT2D eigenvalue weighted by atomic mass is 10.1. The standard InChI is InChI=1S/C16H17F2N3O3/c17-16(18)24-10-4-1-3-9(7-10)13(22)8-19-15(23)14-11-5-2-6-12(11)20-21-14/h1,3-4,7,13,16,22H,2,5-6,8H2,(H,19,23)(H,20,21). The van der Waals surface area contributed by atoms with Gasteiger partial charge in [0.1, 0.15) is 5.75 Å². The van der Waals surface area contributed by atoms with Gasteiger partial charge in [0.05, 0.1) is 6.10 Å². The van der Waals surface area contributed by atoms with Crippen molar-refractivity contribution in [3.05, 3.63) is 46.8 Å². The molecule has 1 unspecified atom stereocenters. The summed E-state index contributed by atoms with van der Waals surface area (Å²) in [5, 5.41) is 19.6. The molecule has 2 aromatic rings. The Hall–Kier alpha value is -2.48. The number of benzene rings is 1. The van der Waals surface area contributed by atoms with Crippen molar-refractivity contribution in [1.82, 2.24) is 15.5 Å². The van der Waals surface area contributed by atoms with Crippen LogP contribution in [0.3, 0.4) is 0 Å². The van der Waals surface area contributed by atoms with E-state index in [2.05, 4.69) is 20.3 Å². The maximum atomic E-state index is 12.2. The molecule has 1 atom stereocenters. The topological polar surface area (TPSA) is 87.2 Å². The third-order valence-corrected chi connectivity index (χ3v) is 3.95. The van der Waals surface area contributed by atoms with E-state index in [0.29, 0.717) is 11.3 Å². The van der Waals surface area contributed by atoms with Gasteiger partial charge < -0.3 is 15.2 Å². The van der Waals surface area contributed by atoms with E-state index >= 15 is 0 Å². The Morgan fingerprint density at radius 1 is 1.42 bits per heavy atom. The summed E-state index contributed by atoms with van der Waals surface area (Å²) < 4.78 is 28.7. The van der Waals surface area contributed by atoms with Crippen LogP contribution in [0.2, 0.25) is 0 Å². The molecular formula is C16H17F2N3O3. The SMILES string of the molecule is O=C(NCC(O)c1cccc(OC(F)F)c1)c1n[nH]c2c1CCC2. The highest BCUT2D eigenvalue weighted by Crippen LogP contribution is 2.23. The summed E-state index contributed by atoms with van der Waals surface area (Å²) in [6, 6.07) is 5.75. The molecule has 0 fully saturated rings. The third-order valence-electron chi connectivity index (χ3n) is 3.95. The maximum Gasteiger partial charge on any atom is 0.387 e. The molecular weight excluding hydrogens is 320 g/mol. The van der Waals surface area contributed by atoms with Crippen LogP contribution in [0.15, 0.2) is 24.3 Å². The second-order valence-corrected chi connectivity index (χ2v) is 5.56. The van der Waals surface area contributed by atoms with Crippen LogP contribution >= 0.6 is 0 Å². The van der Waals surface area contributed by atoms with Gasteiger partial charge in [-0.05, 0) is 37.0 Å². The number of carbonyl (C=O) groups excluding carboxylic acids is 1. The van der Waals surface area contributed by atoms with Crippen LogP contribution in [0.5, 0.6) is 5.75 Å². The molecule has 6 nitrogen and oxygen atoms in total. The smallest absolute Gasteiger partial charge is 0.387 e. The number of rotatable bonds is 6. The van der Waals surface area contributed by atoms with Crippen molar-refractivity contribution < 1.29 is 23.4 Å². The number of aromatic amines is 1. The number of fused-ring (bicyclic) bond motifs is 1. The van der Waals surface area contributed by atoms with Gasteiger partial charge in [-0.2, -0.15) is 13.9 Å². The van der Waals surface area contributed by atoms with Crippen LogP contribution in [0.4, 0.5) is 8.78 Å². The van der Waals surface area contributed by atoms with Crippen molar-refractivity contribution in [2.75, 3.05) is 6.54 Å². The zero-order valence-electron chi connectivity index (χ0n) is 12.8. The zero-order valence-corrected chi connectivity index (χ0v) is 12.8. The minimum atomic E-state index is -2.93. The molecule has 3 rings (SSSR count). The van der Waals surface area contributed by atoms with Crippen molar-refractivity contribution in [3.63, 3.8) is 0 Å². The lowest BCUT2D eigenvalue weighted by molar-refractivity contribution is -0.0499. The highest BCUT2D eigenvalue weighted by atomic mass is 19.3. The van der Waals surface area contributed by atoms with Gasteiger partial charge in [0.25, 0.3) is 5.91 Å². The van der Waals surface area contributed by atoms with E-state index in [9.17, 15) is 18.7 Å². The molecule has 0 aliphatic heterocycles. The average molecular weight is 337 g/mol. The Balaban J connectivity index is 1.60. The van der Waals surface area contributed by atoms with E-state index in [1.807, 2.05) is 0 Å². The first kappa shape index (κ1) is 16.4. The van der Waals surface area contributed by atoms with E-state index in [0.717, 1.165) is 30.5 Å². The number of aromatic nitrogens is 2. The second kappa shape index (κ2) is 6.96. The average Bonchev–Trinajstić information content (AvgIpc) is 3.15. The summed E-state index contributed by atoms with van der Waals surface area (Å²) in [5.74, 6) is -0.411. The molecule has 1 aromatic carbocycles. The number of alkyl halides is 2. The number of hydrogen-bond donors (Lipinski definition) is 3. The van der Waals surface area contributed by atoms with Crippen molar-refractivity contribution in [2.24, 2.45) is 0 Å². The molecule has 0 saturated carbocycles. The van der Waals surface area contributed by atoms with Crippen molar-refractivity contribution in [1.29, 1.82) is 0 Å². The number of H-pyrrole nitrogens is 1. The van der Waals surface area contributed by atoms with Gasteiger partial charge >= 0.3 is 6.61 Å². The number of aliphatic hydroxyl groups excluding tert-OH is 1. The largest absolute Gasteiger partial charge is 0.435 e. The number of aryl methyl sites for hydroxylation is 1. The lowest BCUT2D eigenvalue weighted by Crippen LogP contribution is -2.29. The minimum Gasteiger partial charge on any atom is -0.435 e. The Kier molecular flexibility index (Phi) is 4.75. The summed E-state index contributed by atoms with van der Waals surface area (Å²) >= 11 is 0. The van der Waals surface area contributed by atoms with Crippen LogP contribution in [-0.4, -0.2) is 34.4 Å². The summed E-state index contributed by atoms with van der Waals surface area (Å²) in [4.78, 5) is 12.2. The molecule has 1 amide bonds. The second-order valence-electron chi connectivity index (χ2n) is 5.56. The van der Waals surface area contributed by atoms with Gasteiger partial charge in [-0.1, -0.05) is 12.1 Å². The van der Waals surface area contributed by atoms with E-state index in [4.69, 9.17) is 0 Å². The molecule has 0 saturated heterocycles. The quantitative estimate of drug-likeness (QED) is 0.752. The van der Waals surface area contributed by atoms with Crippen molar-refractivity contribution in [3.8, 4) is 5.75 Å². The van der Waals surface area contributed by atoms with E-state index in [1.54, 1.807) is 6.07 Å². The third kappa shape index (κ3) is 3.53. The molecule has 8 heteroatoms. The number of amides is 1. The van der Waals surface area contributed by atoms with Crippen LogP contribution in [0.25, 0.3) is 0 Å². The molecule has 3 N–H and O–H groups in total. The predicted molar refractivity (Wildman–Crippen MR) is 81.0 cm³/mol. The van der Waals surface area contributed by atoms with Crippen LogP contribution in [0.1, 0.15) is 39.8 Å². The number of nitrogens with zero attached hydrogens (tertiary/aromatic N) is 1. The van der Waals surface area contributed by atoms with Crippen LogP contribution < -0.4 is 10.1 Å². The first-order valence-electron chi connectivity index (χ1n) is 7.61. The van der Waals surface area contributed by atoms with Gasteiger partial charge in [0.2, 0.25) is 0 Å². The van der Waals surface area contributed by atoms with E-state index in [1.165, 1.54) is 18.2 Å². The fourth-order valence-electron chi connectivity index (χ4n) is 2.80. The number of ether oxygens (including phenoxy) is 1. The minimum absolute atomic E-state index is 0.0435. The Morgan fingerprint density at radius 3 is 3.04 bits per heavy atom. The number of carbonyl (C=O) groups is 1. The van der Waals surface area contributed by atoms with Gasteiger partial charge in [0, 0.05) is 17.8 Å². The maximum absolute atomic E-state index is 12.2. The normalized spacial score (nSPS) is 14.5. The molecule has 1 aliphatic carbocycles. The Labute approximate surface area is 136 Å². The lowest BCUT2D eigenvalue weighted by Gasteiger charge is -2.13. The van der Waals surface area contributed by atoms with Gasteiger partial charge in [-0.25, -0.2) is 0 Å². The molecule has 0 radical (unpaired) electrons. The number of hydrogen-bond acceptors (Lipinski definition) is 4. The van der Waals surface area contributed by atoms with Gasteiger partial charge in [-0.3, -0.25) is 9.89 Å². The summed E-state index contributed by atoms with van der Waals surface area (Å²) in [5.41, 5.74) is 2.64. The Morgan fingerprint density at radius 2 is 2.25 bits per heavy atom. The summed E-state index contributed by atoms with van der Waals surface area (Å²) in [6.45, 7) is -2.99. The molecule has 24 heavy (non-hydrogen) atoms. The van der Waals surface area contributed by atoms with Crippen molar-refractivity contribution in [2.45, 2.75) is 32.0 Å². The molecule has 1 aromatic heterocycles. The Bertz CT molecular complexity index is 733. The molecule has 1 heterocycles. The van der Waals surface area contributed by atoms with Gasteiger partial charge in [0.15, 0.2) is 5.69 Å². The number of aliphatic hydroxyl groups is 1. The van der Waals surface area contributed by atoms with Gasteiger partial charge in [-0.15, -0.1) is 0 Å². The monoisotopic (exact) mass is 337 g/mol. The van der Waals surface area contributed by atoms with Crippen molar-refractivity contribution >= 4 is 5.91 Å². The van der Waals surface area contributed by atoms with E-state index in [-0.39, 0.29) is 18.2 Å². The molecule has 0 spiro atoms. The first-order chi connectivity index (χ1) is 11.5. The molecule has 0 bridgehead atoms. The first-order valence-corrected chi connectivity index (χ1v) is 7.61. The predicted octanol–water partition coefficient (Wildman–Crippen LogP) is 1.96. The molecule has 1 aliphatic rings. The molecule has 128 valence electrons. The highest BCUT2D eigenvalue weighted by Gasteiger charge is 2.23. The highest BCUT2D eigenvalue weighted by molar-refractivity contribution is 5.94. The fourth-order valence-corrected chi connectivity index (χ4v) is 2.80. The fraction of sp³-hybridized carbons (Fsp3) is 0.375. The zero-order chi connectivity index (χ0) is 17.1. The van der Waals surface area contributed by atoms with Crippen LogP contribution in [0, 0.1) is 0 Å².